The van der Waals surface area contributed by atoms with Crippen LogP contribution in [-0.4, -0.2) is 15.6 Å². The van der Waals surface area contributed by atoms with E-state index in [1.165, 1.54) is 25.7 Å². The van der Waals surface area contributed by atoms with Gasteiger partial charge in [-0.1, -0.05) is 19.8 Å². The van der Waals surface area contributed by atoms with Crippen molar-refractivity contribution < 1.29 is 0 Å². The molecule has 1 aliphatic carbocycles. The lowest BCUT2D eigenvalue weighted by Crippen LogP contribution is -2.47. The van der Waals surface area contributed by atoms with Crippen molar-refractivity contribution in [1.82, 2.24) is 10.3 Å². The zero-order valence-corrected chi connectivity index (χ0v) is 11.0. The lowest BCUT2D eigenvalue weighted by molar-refractivity contribution is 0.378. The Bertz CT molecular complexity index is 372. The zero-order valence-electron chi connectivity index (χ0n) is 10.2. The van der Waals surface area contributed by atoms with Gasteiger partial charge in [-0.15, -0.1) is 0 Å². The number of anilines is 1. The van der Waals surface area contributed by atoms with Crippen LogP contribution in [0, 0.1) is 0 Å². The van der Waals surface area contributed by atoms with Crippen LogP contribution < -0.4 is 10.6 Å². The monoisotopic (exact) mass is 249 g/mol. The van der Waals surface area contributed by atoms with Crippen LogP contribution in [0.2, 0.25) is 0 Å². The van der Waals surface area contributed by atoms with Crippen molar-refractivity contribution in [3.63, 3.8) is 0 Å². The first-order valence-corrected chi connectivity index (χ1v) is 6.64. The molecule has 0 spiro atoms. The molecule has 0 aromatic carbocycles. The van der Waals surface area contributed by atoms with Crippen molar-refractivity contribution in [1.29, 1.82) is 0 Å². The summed E-state index contributed by atoms with van der Waals surface area (Å²) in [6.45, 7) is 2.23. The van der Waals surface area contributed by atoms with Crippen molar-refractivity contribution in [2.24, 2.45) is 0 Å². The number of aromatic nitrogens is 1. The zero-order chi connectivity index (χ0) is 12.1. The standard InChI is InChI=1S/C13H19N3S/c1-2-13(7-3-4-8-13)16-12(17)15-11-5-9-14-10-6-11/h5-6,9-10H,2-4,7-8H2,1H3,(H2,14,15,16,17). The molecule has 1 aliphatic rings. The smallest absolute Gasteiger partial charge is 0.171 e. The van der Waals surface area contributed by atoms with Crippen LogP contribution in [0.25, 0.3) is 0 Å². The Balaban J connectivity index is 1.93. The highest BCUT2D eigenvalue weighted by Gasteiger charge is 2.32. The predicted octanol–water partition coefficient (Wildman–Crippen LogP) is 3.09. The average Bonchev–Trinajstić information content (AvgIpc) is 2.79. The van der Waals surface area contributed by atoms with Gasteiger partial charge in [-0.25, -0.2) is 0 Å². The SMILES string of the molecule is CCC1(NC(=S)Nc2ccncc2)CCCC1. The van der Waals surface area contributed by atoms with E-state index in [-0.39, 0.29) is 5.54 Å². The first-order valence-electron chi connectivity index (χ1n) is 6.23. The molecule has 0 aliphatic heterocycles. The molecule has 1 fully saturated rings. The van der Waals surface area contributed by atoms with Gasteiger partial charge in [0, 0.05) is 23.6 Å². The minimum atomic E-state index is 0.219. The van der Waals surface area contributed by atoms with Crippen LogP contribution in [0.1, 0.15) is 39.0 Å². The molecule has 2 N–H and O–H groups in total. The fourth-order valence-corrected chi connectivity index (χ4v) is 2.79. The maximum absolute atomic E-state index is 5.37. The summed E-state index contributed by atoms with van der Waals surface area (Å²) in [5.74, 6) is 0. The second kappa shape index (κ2) is 5.45. The van der Waals surface area contributed by atoms with Gasteiger partial charge in [0.15, 0.2) is 5.11 Å². The quantitative estimate of drug-likeness (QED) is 0.807. The Morgan fingerprint density at radius 2 is 2.00 bits per heavy atom. The molecule has 0 unspecified atom stereocenters. The molecule has 1 aromatic rings. The predicted molar refractivity (Wildman–Crippen MR) is 75.1 cm³/mol. The highest BCUT2D eigenvalue weighted by molar-refractivity contribution is 7.80. The van der Waals surface area contributed by atoms with Gasteiger partial charge in [-0.3, -0.25) is 4.98 Å². The van der Waals surface area contributed by atoms with E-state index in [0.717, 1.165) is 17.2 Å². The Hall–Kier alpha value is -1.16. The van der Waals surface area contributed by atoms with E-state index < -0.39 is 0 Å². The van der Waals surface area contributed by atoms with Gasteiger partial charge in [0.05, 0.1) is 0 Å². The third-order valence-corrected chi connectivity index (χ3v) is 3.76. The highest BCUT2D eigenvalue weighted by atomic mass is 32.1. The summed E-state index contributed by atoms with van der Waals surface area (Å²) in [5.41, 5.74) is 1.21. The molecule has 92 valence electrons. The number of rotatable bonds is 3. The maximum Gasteiger partial charge on any atom is 0.171 e. The lowest BCUT2D eigenvalue weighted by Gasteiger charge is -2.30. The van der Waals surface area contributed by atoms with Crippen LogP contribution in [0.4, 0.5) is 5.69 Å². The van der Waals surface area contributed by atoms with Crippen molar-refractivity contribution in [3.05, 3.63) is 24.5 Å². The van der Waals surface area contributed by atoms with E-state index >= 15 is 0 Å². The van der Waals surface area contributed by atoms with Crippen molar-refractivity contribution >= 4 is 23.0 Å². The molecule has 1 aromatic heterocycles. The van der Waals surface area contributed by atoms with Crippen molar-refractivity contribution in [2.45, 2.75) is 44.6 Å². The Morgan fingerprint density at radius 1 is 1.35 bits per heavy atom. The van der Waals surface area contributed by atoms with E-state index in [9.17, 15) is 0 Å². The van der Waals surface area contributed by atoms with Crippen molar-refractivity contribution in [2.75, 3.05) is 5.32 Å². The normalized spacial score (nSPS) is 17.7. The van der Waals surface area contributed by atoms with Gasteiger partial charge < -0.3 is 10.6 Å². The van der Waals surface area contributed by atoms with E-state index in [2.05, 4.69) is 22.5 Å². The van der Waals surface area contributed by atoms with Gasteiger partial charge in [0.25, 0.3) is 0 Å². The number of nitrogens with zero attached hydrogens (tertiary/aromatic N) is 1. The molecular weight excluding hydrogens is 230 g/mol. The Kier molecular flexibility index (Phi) is 3.94. The second-order valence-electron chi connectivity index (χ2n) is 4.66. The molecule has 1 heterocycles. The molecule has 1 saturated carbocycles. The summed E-state index contributed by atoms with van der Waals surface area (Å²) in [6, 6.07) is 3.84. The van der Waals surface area contributed by atoms with E-state index in [1.54, 1.807) is 12.4 Å². The molecule has 0 saturated heterocycles. The fraction of sp³-hybridized carbons (Fsp3) is 0.538. The number of thiocarbonyl (C=S) groups is 1. The average molecular weight is 249 g/mol. The van der Waals surface area contributed by atoms with Crippen LogP contribution >= 0.6 is 12.2 Å². The van der Waals surface area contributed by atoms with Crippen LogP contribution in [0.3, 0.4) is 0 Å². The van der Waals surface area contributed by atoms with Gasteiger partial charge in [0.1, 0.15) is 0 Å². The third-order valence-electron chi connectivity index (χ3n) is 3.55. The molecule has 2 rings (SSSR count). The molecule has 0 atom stereocenters. The van der Waals surface area contributed by atoms with Crippen LogP contribution in [0.5, 0.6) is 0 Å². The molecule has 3 nitrogen and oxygen atoms in total. The fourth-order valence-electron chi connectivity index (χ4n) is 2.46. The summed E-state index contributed by atoms with van der Waals surface area (Å²) in [5, 5.41) is 7.42. The lowest BCUT2D eigenvalue weighted by atomic mass is 9.95. The summed E-state index contributed by atoms with van der Waals surface area (Å²) in [4.78, 5) is 3.98. The minimum absolute atomic E-state index is 0.219. The molecule has 0 radical (unpaired) electrons. The first kappa shape index (κ1) is 12.3. The molecular formula is C13H19N3S. The summed E-state index contributed by atoms with van der Waals surface area (Å²) >= 11 is 5.37. The summed E-state index contributed by atoms with van der Waals surface area (Å²) in [7, 11) is 0. The Labute approximate surface area is 108 Å². The van der Waals surface area contributed by atoms with E-state index in [0.29, 0.717) is 0 Å². The second-order valence-corrected chi connectivity index (χ2v) is 5.06. The van der Waals surface area contributed by atoms with Crippen molar-refractivity contribution in [3.8, 4) is 0 Å². The number of hydrogen-bond acceptors (Lipinski definition) is 2. The van der Waals surface area contributed by atoms with E-state index in [1.807, 2.05) is 12.1 Å². The van der Waals surface area contributed by atoms with Gasteiger partial charge >= 0.3 is 0 Å². The number of pyridine rings is 1. The van der Waals surface area contributed by atoms with Crippen LogP contribution in [0.15, 0.2) is 24.5 Å². The molecule has 0 bridgehead atoms. The highest BCUT2D eigenvalue weighted by Crippen LogP contribution is 2.32. The largest absolute Gasteiger partial charge is 0.357 e. The topological polar surface area (TPSA) is 37.0 Å². The number of hydrogen-bond donors (Lipinski definition) is 2. The molecule has 0 amide bonds. The van der Waals surface area contributed by atoms with Crippen LogP contribution in [-0.2, 0) is 0 Å². The van der Waals surface area contributed by atoms with Gasteiger partial charge in [-0.05, 0) is 43.6 Å². The summed E-state index contributed by atoms with van der Waals surface area (Å²) < 4.78 is 0. The summed E-state index contributed by atoms with van der Waals surface area (Å²) in [6.07, 6.45) is 9.71. The molecule has 4 heteroatoms. The Morgan fingerprint density at radius 3 is 2.59 bits per heavy atom. The van der Waals surface area contributed by atoms with Gasteiger partial charge in [-0.2, -0.15) is 0 Å². The van der Waals surface area contributed by atoms with Gasteiger partial charge in [0.2, 0.25) is 0 Å². The maximum atomic E-state index is 5.37. The first-order chi connectivity index (χ1) is 8.24. The van der Waals surface area contributed by atoms with E-state index in [4.69, 9.17) is 12.2 Å². The third kappa shape index (κ3) is 3.16. The molecule has 17 heavy (non-hydrogen) atoms. The minimum Gasteiger partial charge on any atom is -0.357 e. The number of nitrogens with one attached hydrogen (secondary N) is 2.